The van der Waals surface area contributed by atoms with Crippen molar-refractivity contribution in [2.45, 2.75) is 0 Å². The molecular formula is C32H18CaN8+2. The van der Waals surface area contributed by atoms with Crippen LogP contribution >= 0.6 is 0 Å². The number of hydrogen-bond donors (Lipinski definition) is 2. The van der Waals surface area contributed by atoms with Crippen LogP contribution in [-0.4, -0.2) is 77.6 Å². The fraction of sp³-hybridized carbons (Fsp3) is 0. The van der Waals surface area contributed by atoms with Crippen LogP contribution in [0.2, 0.25) is 0 Å². The van der Waals surface area contributed by atoms with E-state index in [4.69, 9.17) is 29.9 Å². The number of aromatic nitrogens is 8. The van der Waals surface area contributed by atoms with Gasteiger partial charge in [0, 0.05) is 43.8 Å². The van der Waals surface area contributed by atoms with E-state index in [-0.39, 0.29) is 37.7 Å². The average molecular weight is 555 g/mol. The van der Waals surface area contributed by atoms with Crippen molar-refractivity contribution in [2.75, 3.05) is 0 Å². The topological polar surface area (TPSA) is 109 Å². The van der Waals surface area contributed by atoms with Gasteiger partial charge in [-0.1, -0.05) is 97.1 Å². The predicted octanol–water partition coefficient (Wildman–Crippen LogP) is 6.49. The predicted molar refractivity (Wildman–Crippen MR) is 162 cm³/mol. The van der Waals surface area contributed by atoms with Gasteiger partial charge in [0.2, 0.25) is 0 Å². The second kappa shape index (κ2) is 9.27. The largest absolute Gasteiger partial charge is 2.00 e. The van der Waals surface area contributed by atoms with E-state index < -0.39 is 0 Å². The number of H-pyrrole nitrogens is 2. The summed E-state index contributed by atoms with van der Waals surface area (Å²) in [5.41, 5.74) is 6.45. The number of rotatable bonds is 0. The van der Waals surface area contributed by atoms with E-state index in [0.29, 0.717) is 45.9 Å². The molecule has 7 aromatic rings. The summed E-state index contributed by atoms with van der Waals surface area (Å²) in [4.78, 5) is 36.8. The van der Waals surface area contributed by atoms with E-state index in [2.05, 4.69) is 9.97 Å². The molecule has 41 heavy (non-hydrogen) atoms. The Labute approximate surface area is 262 Å². The van der Waals surface area contributed by atoms with Crippen molar-refractivity contribution < 1.29 is 0 Å². The van der Waals surface area contributed by atoms with Crippen LogP contribution in [0.4, 0.5) is 0 Å². The van der Waals surface area contributed by atoms with Crippen LogP contribution in [0.15, 0.2) is 97.1 Å². The van der Waals surface area contributed by atoms with Crippen molar-refractivity contribution in [3.63, 3.8) is 0 Å². The Morgan fingerprint density at radius 3 is 0.829 bits per heavy atom. The molecule has 5 heterocycles. The minimum absolute atomic E-state index is 0. The van der Waals surface area contributed by atoms with Crippen molar-refractivity contribution in [1.29, 1.82) is 0 Å². The SMILES string of the molecule is [Ca+2].c1ccc2c(c1)-c1nc-2nc2[nH]c(nc3nc(nc4[nH]c(n1)c1ccccc41)-c1ccccc1-3)c1ccccc21. The Morgan fingerprint density at radius 1 is 0.317 bits per heavy atom. The molecule has 8 bridgehead atoms. The number of nitrogens with one attached hydrogen (secondary N) is 2. The maximum Gasteiger partial charge on any atom is 2.00 e. The Hall–Kier alpha value is -4.50. The Morgan fingerprint density at radius 2 is 0.561 bits per heavy atom. The van der Waals surface area contributed by atoms with E-state index in [0.717, 1.165) is 43.8 Å². The quantitative estimate of drug-likeness (QED) is 0.208. The first kappa shape index (κ1) is 24.3. The molecule has 8 nitrogen and oxygen atoms in total. The van der Waals surface area contributed by atoms with Gasteiger partial charge in [0.05, 0.1) is 0 Å². The summed E-state index contributed by atoms with van der Waals surface area (Å²) in [7, 11) is 0. The van der Waals surface area contributed by atoms with Crippen molar-refractivity contribution in [3.05, 3.63) is 97.1 Å². The summed E-state index contributed by atoms with van der Waals surface area (Å²) in [6.07, 6.45) is 0. The molecule has 0 atom stereocenters. The van der Waals surface area contributed by atoms with Crippen LogP contribution in [0.1, 0.15) is 0 Å². The average Bonchev–Trinajstić information content (AvgIpc) is 3.73. The molecule has 3 aromatic heterocycles. The van der Waals surface area contributed by atoms with Gasteiger partial charge in [-0.3, -0.25) is 0 Å². The zero-order valence-electron chi connectivity index (χ0n) is 21.6. The summed E-state index contributed by atoms with van der Waals surface area (Å²) >= 11 is 0. The van der Waals surface area contributed by atoms with E-state index in [1.54, 1.807) is 0 Å². The van der Waals surface area contributed by atoms with E-state index in [9.17, 15) is 0 Å². The number of benzene rings is 4. The molecule has 0 fully saturated rings. The molecule has 0 unspecified atom stereocenters. The Kier molecular flexibility index (Phi) is 5.50. The number of fused-ring (bicyclic) bond motifs is 20. The van der Waals surface area contributed by atoms with Gasteiger partial charge >= 0.3 is 37.7 Å². The molecule has 2 N–H and O–H groups in total. The van der Waals surface area contributed by atoms with Crippen molar-refractivity contribution in [3.8, 4) is 45.6 Å². The Balaban J connectivity index is 0.00000256. The Bertz CT molecular complexity index is 2030. The van der Waals surface area contributed by atoms with Gasteiger partial charge in [0.1, 0.15) is 22.6 Å². The third-order valence-corrected chi connectivity index (χ3v) is 7.46. The molecule has 186 valence electrons. The van der Waals surface area contributed by atoms with Gasteiger partial charge in [0.25, 0.3) is 0 Å². The fourth-order valence-electron chi connectivity index (χ4n) is 5.59. The molecular weight excluding hydrogens is 536 g/mol. The molecule has 0 amide bonds. The summed E-state index contributed by atoms with van der Waals surface area (Å²) in [6.45, 7) is 0. The third kappa shape index (κ3) is 3.72. The van der Waals surface area contributed by atoms with E-state index in [1.165, 1.54) is 0 Å². The van der Waals surface area contributed by atoms with Crippen LogP contribution in [0.25, 0.3) is 89.7 Å². The molecule has 4 aromatic carbocycles. The van der Waals surface area contributed by atoms with Crippen molar-refractivity contribution >= 4 is 81.9 Å². The molecule has 9 heteroatoms. The summed E-state index contributed by atoms with van der Waals surface area (Å²) in [5, 5.41) is 3.82. The maximum absolute atomic E-state index is 5.02. The van der Waals surface area contributed by atoms with Crippen LogP contribution in [0.5, 0.6) is 0 Å². The zero-order valence-corrected chi connectivity index (χ0v) is 23.8. The monoisotopic (exact) mass is 554 g/mol. The normalized spacial score (nSPS) is 11.7. The molecule has 0 radical (unpaired) electrons. The fourth-order valence-corrected chi connectivity index (χ4v) is 5.59. The van der Waals surface area contributed by atoms with Crippen molar-refractivity contribution in [2.24, 2.45) is 0 Å². The van der Waals surface area contributed by atoms with Crippen LogP contribution in [0, 0.1) is 0 Å². The van der Waals surface area contributed by atoms with Gasteiger partial charge in [-0.25, -0.2) is 29.9 Å². The molecule has 0 saturated carbocycles. The van der Waals surface area contributed by atoms with Crippen LogP contribution < -0.4 is 0 Å². The molecule has 2 aliphatic rings. The second-order valence-electron chi connectivity index (χ2n) is 9.79. The van der Waals surface area contributed by atoms with Gasteiger partial charge in [-0.05, 0) is 0 Å². The van der Waals surface area contributed by atoms with Gasteiger partial charge in [-0.15, -0.1) is 0 Å². The van der Waals surface area contributed by atoms with Gasteiger partial charge in [-0.2, -0.15) is 0 Å². The van der Waals surface area contributed by atoms with Crippen LogP contribution in [0.3, 0.4) is 0 Å². The summed E-state index contributed by atoms with van der Waals surface area (Å²) in [6, 6.07) is 32.2. The standard InChI is InChI=1S/C32H18N8.Ca/c1-2-10-18-17(9-1)25-33-26(18)38-28-21-13-5-6-14-22(21)30(35-28)40-32-24-16-8-7-15-23(24)31(36-32)39-29-20-12-4-3-11-19(20)27(34-29)37-25;/h1-16H,(H2,33,34,35,36,37,38,39,40);/q;+2. The second-order valence-corrected chi connectivity index (χ2v) is 9.79. The zero-order chi connectivity index (χ0) is 26.2. The minimum atomic E-state index is 0. The summed E-state index contributed by atoms with van der Waals surface area (Å²) in [5.74, 6) is 2.39. The van der Waals surface area contributed by atoms with Gasteiger partial charge in [0.15, 0.2) is 23.3 Å². The molecule has 0 saturated heterocycles. The van der Waals surface area contributed by atoms with Crippen LogP contribution in [-0.2, 0) is 0 Å². The first-order valence-electron chi connectivity index (χ1n) is 13.0. The van der Waals surface area contributed by atoms with E-state index in [1.807, 2.05) is 97.1 Å². The maximum atomic E-state index is 5.02. The molecule has 0 spiro atoms. The first-order chi connectivity index (χ1) is 19.8. The van der Waals surface area contributed by atoms with Gasteiger partial charge < -0.3 is 9.97 Å². The molecule has 9 rings (SSSR count). The summed E-state index contributed by atoms with van der Waals surface area (Å²) < 4.78 is 0. The molecule has 0 aliphatic carbocycles. The number of aromatic amines is 2. The first-order valence-corrected chi connectivity index (χ1v) is 13.0. The minimum Gasteiger partial charge on any atom is -0.324 e. The third-order valence-electron chi connectivity index (χ3n) is 7.46. The van der Waals surface area contributed by atoms with Crippen molar-refractivity contribution in [1.82, 2.24) is 39.9 Å². The number of nitrogens with zero attached hydrogens (tertiary/aromatic N) is 6. The number of hydrogen-bond acceptors (Lipinski definition) is 6. The smallest absolute Gasteiger partial charge is 0.324 e. The van der Waals surface area contributed by atoms with E-state index >= 15 is 0 Å². The molecule has 2 aliphatic heterocycles.